The van der Waals surface area contributed by atoms with Crippen molar-refractivity contribution >= 4 is 33.7 Å². The normalized spacial score (nSPS) is 11.3. The standard InChI is InChI=1S/C24H22N4O3/c1-3-14-31-21-13-12-16-8-4-5-9-17(16)20(21)15-25-26-23(29)22-18-10-6-7-11-19(18)24(30)28(2)27-22/h4-13,15H,3,14H2,1-2H3,(H,26,29)/b25-15-. The molecule has 0 bridgehead atoms. The summed E-state index contributed by atoms with van der Waals surface area (Å²) in [5.41, 5.74) is 3.19. The van der Waals surface area contributed by atoms with E-state index in [4.69, 9.17) is 4.74 Å². The van der Waals surface area contributed by atoms with Crippen LogP contribution in [0, 0.1) is 0 Å². The number of fused-ring (bicyclic) bond motifs is 2. The smallest absolute Gasteiger partial charge is 0.292 e. The van der Waals surface area contributed by atoms with Gasteiger partial charge in [-0.05, 0) is 29.3 Å². The monoisotopic (exact) mass is 414 g/mol. The van der Waals surface area contributed by atoms with Crippen molar-refractivity contribution in [3.8, 4) is 5.75 Å². The molecule has 4 aromatic rings. The van der Waals surface area contributed by atoms with Gasteiger partial charge in [-0.25, -0.2) is 10.1 Å². The van der Waals surface area contributed by atoms with Gasteiger partial charge < -0.3 is 4.74 Å². The first kappa shape index (κ1) is 20.3. The van der Waals surface area contributed by atoms with Gasteiger partial charge in [-0.2, -0.15) is 10.2 Å². The minimum Gasteiger partial charge on any atom is -0.493 e. The molecule has 0 atom stereocenters. The Morgan fingerprint density at radius 3 is 2.55 bits per heavy atom. The van der Waals surface area contributed by atoms with Crippen molar-refractivity contribution in [3.63, 3.8) is 0 Å². The lowest BCUT2D eigenvalue weighted by Crippen LogP contribution is -2.27. The molecule has 0 saturated carbocycles. The van der Waals surface area contributed by atoms with Crippen molar-refractivity contribution in [2.24, 2.45) is 12.1 Å². The number of ether oxygens (including phenoxy) is 1. The minimum atomic E-state index is -0.501. The van der Waals surface area contributed by atoms with Crippen molar-refractivity contribution in [1.82, 2.24) is 15.2 Å². The van der Waals surface area contributed by atoms with Crippen molar-refractivity contribution in [2.75, 3.05) is 6.61 Å². The zero-order valence-corrected chi connectivity index (χ0v) is 17.3. The Balaban J connectivity index is 1.67. The fourth-order valence-corrected chi connectivity index (χ4v) is 3.42. The van der Waals surface area contributed by atoms with Crippen LogP contribution < -0.4 is 15.7 Å². The highest BCUT2D eigenvalue weighted by Crippen LogP contribution is 2.26. The number of nitrogens with zero attached hydrogens (tertiary/aromatic N) is 3. The molecule has 7 nitrogen and oxygen atoms in total. The average Bonchev–Trinajstić information content (AvgIpc) is 2.80. The van der Waals surface area contributed by atoms with E-state index in [-0.39, 0.29) is 11.3 Å². The van der Waals surface area contributed by atoms with E-state index in [1.54, 1.807) is 30.5 Å². The van der Waals surface area contributed by atoms with Crippen LogP contribution in [0.25, 0.3) is 21.5 Å². The lowest BCUT2D eigenvalue weighted by Gasteiger charge is -2.11. The summed E-state index contributed by atoms with van der Waals surface area (Å²) in [6, 6.07) is 18.7. The van der Waals surface area contributed by atoms with E-state index in [1.807, 2.05) is 43.3 Å². The van der Waals surface area contributed by atoms with Crippen LogP contribution in [0.5, 0.6) is 5.75 Å². The molecule has 0 fully saturated rings. The van der Waals surface area contributed by atoms with Gasteiger partial charge in [0.1, 0.15) is 5.75 Å². The van der Waals surface area contributed by atoms with Gasteiger partial charge in [-0.3, -0.25) is 9.59 Å². The molecular formula is C24H22N4O3. The lowest BCUT2D eigenvalue weighted by atomic mass is 10.0. The topological polar surface area (TPSA) is 85.6 Å². The molecule has 0 unspecified atom stereocenters. The number of rotatable bonds is 6. The summed E-state index contributed by atoms with van der Waals surface area (Å²) in [4.78, 5) is 25.1. The highest BCUT2D eigenvalue weighted by atomic mass is 16.5. The van der Waals surface area contributed by atoms with Crippen LogP contribution in [0.15, 0.2) is 70.6 Å². The molecule has 156 valence electrons. The maximum Gasteiger partial charge on any atom is 0.292 e. The van der Waals surface area contributed by atoms with E-state index in [1.165, 1.54) is 7.05 Å². The predicted molar refractivity (Wildman–Crippen MR) is 122 cm³/mol. The maximum atomic E-state index is 12.8. The molecule has 0 aliphatic heterocycles. The van der Waals surface area contributed by atoms with Gasteiger partial charge in [-0.1, -0.05) is 55.5 Å². The van der Waals surface area contributed by atoms with Crippen LogP contribution in [-0.2, 0) is 7.05 Å². The van der Waals surface area contributed by atoms with E-state index in [0.29, 0.717) is 23.1 Å². The molecule has 0 radical (unpaired) electrons. The van der Waals surface area contributed by atoms with Crippen molar-refractivity contribution in [3.05, 3.63) is 82.3 Å². The van der Waals surface area contributed by atoms with Gasteiger partial charge in [0.15, 0.2) is 5.69 Å². The molecule has 4 rings (SSSR count). The van der Waals surface area contributed by atoms with Crippen LogP contribution in [-0.4, -0.2) is 28.5 Å². The fourth-order valence-electron chi connectivity index (χ4n) is 3.42. The minimum absolute atomic E-state index is 0.134. The Morgan fingerprint density at radius 1 is 1.06 bits per heavy atom. The van der Waals surface area contributed by atoms with Crippen LogP contribution >= 0.6 is 0 Å². The number of aromatic nitrogens is 2. The highest BCUT2D eigenvalue weighted by molar-refractivity contribution is 6.06. The van der Waals surface area contributed by atoms with E-state index >= 15 is 0 Å². The Morgan fingerprint density at radius 2 is 1.77 bits per heavy atom. The molecule has 0 spiro atoms. The predicted octanol–water partition coefficient (Wildman–Crippen LogP) is 3.64. The van der Waals surface area contributed by atoms with Gasteiger partial charge >= 0.3 is 0 Å². The molecule has 1 amide bonds. The first-order valence-electron chi connectivity index (χ1n) is 10.0. The Bertz CT molecular complexity index is 1360. The molecule has 7 heteroatoms. The summed E-state index contributed by atoms with van der Waals surface area (Å²) >= 11 is 0. The number of carbonyl (C=O) groups excluding carboxylic acids is 1. The molecule has 0 aliphatic rings. The third-order valence-electron chi connectivity index (χ3n) is 4.92. The van der Waals surface area contributed by atoms with E-state index in [0.717, 1.165) is 27.4 Å². The first-order valence-corrected chi connectivity index (χ1v) is 10.0. The molecule has 0 aliphatic carbocycles. The lowest BCUT2D eigenvalue weighted by molar-refractivity contribution is 0.0950. The number of aryl methyl sites for hydroxylation is 1. The number of carbonyl (C=O) groups is 1. The second-order valence-electron chi connectivity index (χ2n) is 7.07. The molecule has 3 aromatic carbocycles. The number of hydrogen-bond donors (Lipinski definition) is 1. The summed E-state index contributed by atoms with van der Waals surface area (Å²) in [6.07, 6.45) is 2.46. The number of benzene rings is 3. The summed E-state index contributed by atoms with van der Waals surface area (Å²) in [5.74, 6) is 0.198. The second-order valence-corrected chi connectivity index (χ2v) is 7.07. The Labute approximate surface area is 179 Å². The van der Waals surface area contributed by atoms with Crippen LogP contribution in [0.4, 0.5) is 0 Å². The molecule has 1 N–H and O–H groups in total. The summed E-state index contributed by atoms with van der Waals surface area (Å²) in [7, 11) is 1.52. The average molecular weight is 414 g/mol. The SMILES string of the molecule is CCCOc1ccc2ccccc2c1/C=N\NC(=O)c1nn(C)c(=O)c2ccccc12. The zero-order chi connectivity index (χ0) is 21.8. The number of hydrazone groups is 1. The molecular weight excluding hydrogens is 392 g/mol. The van der Waals surface area contributed by atoms with Crippen molar-refractivity contribution in [1.29, 1.82) is 0 Å². The first-order chi connectivity index (χ1) is 15.1. The quantitative estimate of drug-likeness (QED) is 0.386. The number of amides is 1. The number of nitrogens with one attached hydrogen (secondary N) is 1. The summed E-state index contributed by atoms with van der Waals surface area (Å²) in [5, 5.41) is 11.2. The van der Waals surface area contributed by atoms with Crippen LogP contribution in [0.1, 0.15) is 29.4 Å². The maximum absolute atomic E-state index is 12.8. The third-order valence-corrected chi connectivity index (χ3v) is 4.92. The zero-order valence-electron chi connectivity index (χ0n) is 17.3. The van der Waals surface area contributed by atoms with Crippen LogP contribution in [0.2, 0.25) is 0 Å². The Hall–Kier alpha value is -4.00. The van der Waals surface area contributed by atoms with Crippen molar-refractivity contribution in [2.45, 2.75) is 13.3 Å². The highest BCUT2D eigenvalue weighted by Gasteiger charge is 2.15. The van der Waals surface area contributed by atoms with Gasteiger partial charge in [0, 0.05) is 18.0 Å². The molecule has 0 saturated heterocycles. The van der Waals surface area contributed by atoms with E-state index < -0.39 is 5.91 Å². The molecule has 31 heavy (non-hydrogen) atoms. The molecule has 1 aromatic heterocycles. The van der Waals surface area contributed by atoms with Crippen molar-refractivity contribution < 1.29 is 9.53 Å². The fraction of sp³-hybridized carbons (Fsp3) is 0.167. The third kappa shape index (κ3) is 4.02. The second kappa shape index (κ2) is 8.79. The number of hydrogen-bond acceptors (Lipinski definition) is 5. The Kier molecular flexibility index (Phi) is 5.75. The van der Waals surface area contributed by atoms with Crippen LogP contribution in [0.3, 0.4) is 0 Å². The van der Waals surface area contributed by atoms with Gasteiger partial charge in [0.2, 0.25) is 0 Å². The largest absolute Gasteiger partial charge is 0.493 e. The van der Waals surface area contributed by atoms with Gasteiger partial charge in [0.25, 0.3) is 11.5 Å². The van der Waals surface area contributed by atoms with Gasteiger partial charge in [-0.15, -0.1) is 0 Å². The molecule has 1 heterocycles. The van der Waals surface area contributed by atoms with E-state index in [2.05, 4.69) is 15.6 Å². The summed E-state index contributed by atoms with van der Waals surface area (Å²) in [6.45, 7) is 2.62. The van der Waals surface area contributed by atoms with E-state index in [9.17, 15) is 9.59 Å². The van der Waals surface area contributed by atoms with Gasteiger partial charge in [0.05, 0.1) is 18.2 Å². The summed E-state index contributed by atoms with van der Waals surface area (Å²) < 4.78 is 7.02.